The number of para-hydroxylation sites is 1. The van der Waals surface area contributed by atoms with Gasteiger partial charge in [0, 0.05) is 15.7 Å². The minimum absolute atomic E-state index is 0.102. The number of aromatic hydroxyl groups is 1. The van der Waals surface area contributed by atoms with Gasteiger partial charge in [0.25, 0.3) is 0 Å². The van der Waals surface area contributed by atoms with E-state index in [9.17, 15) is 5.11 Å². The van der Waals surface area contributed by atoms with E-state index in [0.29, 0.717) is 5.75 Å². The van der Waals surface area contributed by atoms with Crippen molar-refractivity contribution < 1.29 is 5.11 Å². The van der Waals surface area contributed by atoms with Gasteiger partial charge < -0.3 is 10.4 Å². The maximum Gasteiger partial charge on any atom is 0.120 e. The summed E-state index contributed by atoms with van der Waals surface area (Å²) in [5, 5.41) is 13.4. The lowest BCUT2D eigenvalue weighted by molar-refractivity contribution is 0.462. The third kappa shape index (κ3) is 3.05. The molecule has 18 heavy (non-hydrogen) atoms. The molecule has 1 atom stereocenters. The van der Waals surface area contributed by atoms with Crippen LogP contribution in [0.5, 0.6) is 5.75 Å². The van der Waals surface area contributed by atoms with Crippen molar-refractivity contribution in [3.63, 3.8) is 0 Å². The maximum absolute atomic E-state index is 9.95. The van der Waals surface area contributed by atoms with Crippen molar-refractivity contribution in [1.29, 1.82) is 0 Å². The molecule has 2 aromatic carbocycles. The van der Waals surface area contributed by atoms with Crippen molar-refractivity contribution in [2.24, 2.45) is 0 Å². The largest absolute Gasteiger partial charge is 0.508 e. The van der Waals surface area contributed by atoms with Crippen LogP contribution in [-0.2, 0) is 0 Å². The Morgan fingerprint density at radius 1 is 1.17 bits per heavy atom. The maximum atomic E-state index is 9.95. The Balaban J connectivity index is 2.26. The Bertz CT molecular complexity index is 513. The van der Waals surface area contributed by atoms with E-state index in [1.54, 1.807) is 6.07 Å². The highest BCUT2D eigenvalue weighted by Gasteiger charge is 2.13. The number of benzene rings is 2. The molecule has 94 valence electrons. The average molecular weight is 306 g/mol. The monoisotopic (exact) mass is 305 g/mol. The summed E-state index contributed by atoms with van der Waals surface area (Å²) in [6, 6.07) is 15.6. The zero-order valence-corrected chi connectivity index (χ0v) is 11.8. The summed E-state index contributed by atoms with van der Waals surface area (Å²) in [6.07, 6.45) is 0.902. The Morgan fingerprint density at radius 2 is 1.89 bits per heavy atom. The predicted molar refractivity (Wildman–Crippen MR) is 78.9 cm³/mol. The number of hydrogen-bond acceptors (Lipinski definition) is 2. The number of halogens is 1. The number of phenols is 1. The lowest BCUT2D eigenvalue weighted by Gasteiger charge is -2.20. The molecule has 0 heterocycles. The Labute approximate surface area is 116 Å². The number of rotatable bonds is 4. The topological polar surface area (TPSA) is 32.3 Å². The van der Waals surface area contributed by atoms with Gasteiger partial charge >= 0.3 is 0 Å². The second kappa shape index (κ2) is 5.91. The van der Waals surface area contributed by atoms with Crippen LogP contribution in [0.2, 0.25) is 0 Å². The van der Waals surface area contributed by atoms with Crippen molar-refractivity contribution in [2.75, 3.05) is 5.32 Å². The van der Waals surface area contributed by atoms with Crippen LogP contribution in [0.25, 0.3) is 0 Å². The molecule has 0 saturated heterocycles. The minimum atomic E-state index is 0.102. The van der Waals surface area contributed by atoms with Crippen LogP contribution >= 0.6 is 15.9 Å². The first-order chi connectivity index (χ1) is 8.70. The van der Waals surface area contributed by atoms with Crippen molar-refractivity contribution in [3.8, 4) is 5.75 Å². The van der Waals surface area contributed by atoms with E-state index in [1.807, 2.05) is 42.5 Å². The molecule has 0 radical (unpaired) electrons. The number of phenolic OH excluding ortho intramolecular Hbond substituents is 1. The standard InChI is InChI=1S/C15H16BrNO/c1-2-14(17-12-6-4-3-5-7-12)13-10-11(16)8-9-15(13)18/h3-10,14,17-18H,2H2,1H3. The second-order valence-electron chi connectivity index (χ2n) is 4.17. The predicted octanol–water partition coefficient (Wildman–Crippen LogP) is 4.72. The molecule has 0 fully saturated rings. The van der Waals surface area contributed by atoms with Crippen LogP contribution in [0.15, 0.2) is 53.0 Å². The van der Waals surface area contributed by atoms with Gasteiger partial charge in [-0.15, -0.1) is 0 Å². The summed E-state index contributed by atoms with van der Waals surface area (Å²) in [4.78, 5) is 0. The highest BCUT2D eigenvalue weighted by molar-refractivity contribution is 9.10. The fraction of sp³-hybridized carbons (Fsp3) is 0.200. The number of nitrogens with one attached hydrogen (secondary N) is 1. The highest BCUT2D eigenvalue weighted by Crippen LogP contribution is 2.31. The molecule has 0 bridgehead atoms. The zero-order valence-electron chi connectivity index (χ0n) is 10.2. The van der Waals surface area contributed by atoms with Crippen molar-refractivity contribution >= 4 is 21.6 Å². The van der Waals surface area contributed by atoms with Crippen molar-refractivity contribution in [3.05, 3.63) is 58.6 Å². The number of anilines is 1. The third-order valence-corrected chi connectivity index (χ3v) is 3.38. The van der Waals surface area contributed by atoms with Crippen LogP contribution in [0, 0.1) is 0 Å². The van der Waals surface area contributed by atoms with E-state index in [0.717, 1.165) is 22.1 Å². The summed E-state index contributed by atoms with van der Waals surface area (Å²) in [5.74, 6) is 0.327. The van der Waals surface area contributed by atoms with Gasteiger partial charge in [0.15, 0.2) is 0 Å². The van der Waals surface area contributed by atoms with E-state index in [1.165, 1.54) is 0 Å². The van der Waals surface area contributed by atoms with E-state index >= 15 is 0 Å². The van der Waals surface area contributed by atoms with Gasteiger partial charge in [0.05, 0.1) is 6.04 Å². The van der Waals surface area contributed by atoms with Crippen LogP contribution < -0.4 is 5.32 Å². The van der Waals surface area contributed by atoms with Crippen LogP contribution in [0.3, 0.4) is 0 Å². The molecule has 2 nitrogen and oxygen atoms in total. The molecule has 2 rings (SSSR count). The van der Waals surface area contributed by atoms with E-state index in [-0.39, 0.29) is 6.04 Å². The van der Waals surface area contributed by atoms with Gasteiger partial charge in [-0.2, -0.15) is 0 Å². The quantitative estimate of drug-likeness (QED) is 0.857. The first kappa shape index (κ1) is 13.0. The van der Waals surface area contributed by atoms with Gasteiger partial charge in [-0.05, 0) is 36.8 Å². The molecule has 0 aliphatic heterocycles. The second-order valence-corrected chi connectivity index (χ2v) is 5.09. The summed E-state index contributed by atoms with van der Waals surface area (Å²) >= 11 is 3.44. The SMILES string of the molecule is CCC(Nc1ccccc1)c1cc(Br)ccc1O. The minimum Gasteiger partial charge on any atom is -0.508 e. The normalized spacial score (nSPS) is 12.1. The Hall–Kier alpha value is -1.48. The molecule has 1 unspecified atom stereocenters. The molecule has 0 aliphatic carbocycles. The van der Waals surface area contributed by atoms with Gasteiger partial charge in [0.1, 0.15) is 5.75 Å². The first-order valence-electron chi connectivity index (χ1n) is 6.00. The molecule has 0 aromatic heterocycles. The van der Waals surface area contributed by atoms with Gasteiger partial charge in [-0.25, -0.2) is 0 Å². The third-order valence-electron chi connectivity index (χ3n) is 2.89. The molecule has 0 aliphatic rings. The van der Waals surface area contributed by atoms with Gasteiger partial charge in [-0.3, -0.25) is 0 Å². The lowest BCUT2D eigenvalue weighted by atomic mass is 10.0. The molecular formula is C15H16BrNO. The molecule has 0 spiro atoms. The van der Waals surface area contributed by atoms with E-state index < -0.39 is 0 Å². The zero-order chi connectivity index (χ0) is 13.0. The first-order valence-corrected chi connectivity index (χ1v) is 6.80. The highest BCUT2D eigenvalue weighted by atomic mass is 79.9. The van der Waals surface area contributed by atoms with Crippen LogP contribution in [0.4, 0.5) is 5.69 Å². The summed E-state index contributed by atoms with van der Waals surface area (Å²) in [7, 11) is 0. The smallest absolute Gasteiger partial charge is 0.120 e. The van der Waals surface area contributed by atoms with Gasteiger partial charge in [-0.1, -0.05) is 41.1 Å². The summed E-state index contributed by atoms with van der Waals surface area (Å²) in [5.41, 5.74) is 1.97. The summed E-state index contributed by atoms with van der Waals surface area (Å²) < 4.78 is 0.976. The molecule has 3 heteroatoms. The molecular weight excluding hydrogens is 290 g/mol. The molecule has 0 saturated carbocycles. The Morgan fingerprint density at radius 3 is 2.56 bits per heavy atom. The fourth-order valence-corrected chi connectivity index (χ4v) is 2.32. The molecule has 0 amide bonds. The molecule has 2 aromatic rings. The Kier molecular flexibility index (Phi) is 4.26. The van der Waals surface area contributed by atoms with E-state index in [2.05, 4.69) is 28.2 Å². The van der Waals surface area contributed by atoms with E-state index in [4.69, 9.17) is 0 Å². The fourth-order valence-electron chi connectivity index (χ4n) is 1.94. The van der Waals surface area contributed by atoms with Crippen LogP contribution in [0.1, 0.15) is 24.9 Å². The van der Waals surface area contributed by atoms with Gasteiger partial charge in [0.2, 0.25) is 0 Å². The van der Waals surface area contributed by atoms with Crippen molar-refractivity contribution in [1.82, 2.24) is 0 Å². The lowest BCUT2D eigenvalue weighted by Crippen LogP contribution is -2.09. The summed E-state index contributed by atoms with van der Waals surface area (Å²) in [6.45, 7) is 2.10. The molecule has 2 N–H and O–H groups in total. The van der Waals surface area contributed by atoms with Crippen molar-refractivity contribution in [2.45, 2.75) is 19.4 Å². The van der Waals surface area contributed by atoms with Crippen LogP contribution in [-0.4, -0.2) is 5.11 Å². The average Bonchev–Trinajstić information content (AvgIpc) is 2.40. The number of hydrogen-bond donors (Lipinski definition) is 2.